The molecule has 8 nitrogen and oxygen atoms in total. The van der Waals surface area contributed by atoms with E-state index in [2.05, 4.69) is 9.39 Å². The molecule has 0 saturated heterocycles. The molecule has 0 amide bonds. The number of ether oxygens (including phenoxy) is 2. The van der Waals surface area contributed by atoms with Gasteiger partial charge in [0.15, 0.2) is 11.5 Å². The van der Waals surface area contributed by atoms with Gasteiger partial charge in [-0.25, -0.2) is 0 Å². The fraction of sp³-hybridized carbons (Fsp3) is 0.125. The molecule has 0 aliphatic carbocycles. The van der Waals surface area contributed by atoms with Gasteiger partial charge in [0.1, 0.15) is 0 Å². The molecule has 0 saturated carbocycles. The van der Waals surface area contributed by atoms with E-state index in [-0.39, 0.29) is 4.90 Å². The van der Waals surface area contributed by atoms with Gasteiger partial charge in [0.25, 0.3) is 10.0 Å². The highest BCUT2D eigenvalue weighted by atomic mass is 32.2. The van der Waals surface area contributed by atoms with Crippen molar-refractivity contribution in [2.75, 3.05) is 14.2 Å². The number of benzene rings is 2. The Balaban J connectivity index is 2.22. The van der Waals surface area contributed by atoms with Crippen molar-refractivity contribution in [3.8, 4) is 11.5 Å². The lowest BCUT2D eigenvalue weighted by molar-refractivity contribution is 0.355. The summed E-state index contributed by atoms with van der Waals surface area (Å²) in [5.41, 5.74) is 11.6. The third-order valence-corrected chi connectivity index (χ3v) is 4.45. The number of hydrogen-bond acceptors (Lipinski definition) is 5. The Kier molecular flexibility index (Phi) is 5.60. The molecule has 0 unspecified atom stereocenters. The van der Waals surface area contributed by atoms with Crippen molar-refractivity contribution in [3.63, 3.8) is 0 Å². The first kappa shape index (κ1) is 18.3. The van der Waals surface area contributed by atoms with Crippen LogP contribution in [0.5, 0.6) is 11.5 Å². The summed E-state index contributed by atoms with van der Waals surface area (Å²) in [4.78, 5) is 4.27. The summed E-state index contributed by atoms with van der Waals surface area (Å²) in [6.07, 6.45) is 1.63. The van der Waals surface area contributed by atoms with E-state index in [9.17, 15) is 8.42 Å². The van der Waals surface area contributed by atoms with Gasteiger partial charge in [0, 0.05) is 6.21 Å². The van der Waals surface area contributed by atoms with Crippen molar-refractivity contribution in [3.05, 3.63) is 48.0 Å². The Morgan fingerprint density at radius 2 is 1.64 bits per heavy atom. The molecule has 0 radical (unpaired) electrons. The van der Waals surface area contributed by atoms with Gasteiger partial charge in [-0.1, -0.05) is 0 Å². The largest absolute Gasteiger partial charge is 0.493 e. The topological polar surface area (TPSA) is 129 Å². The first-order valence-electron chi connectivity index (χ1n) is 7.08. The fourth-order valence-electron chi connectivity index (χ4n) is 1.98. The first-order chi connectivity index (χ1) is 11.9. The molecule has 0 fully saturated rings. The number of aliphatic imine (C=N–C) groups is 1. The van der Waals surface area contributed by atoms with Crippen LogP contribution in [0.4, 0.5) is 5.69 Å². The van der Waals surface area contributed by atoms with E-state index in [0.717, 1.165) is 5.56 Å². The van der Waals surface area contributed by atoms with Crippen molar-refractivity contribution in [1.29, 1.82) is 0 Å². The predicted octanol–water partition coefficient (Wildman–Crippen LogP) is 1.42. The van der Waals surface area contributed by atoms with Gasteiger partial charge >= 0.3 is 0 Å². The molecule has 9 heteroatoms. The SMILES string of the molecule is COc1ccc(C=Nc2ccc(S(=O)(=O)N=C(N)N)cc2)cc1OC. The van der Waals surface area contributed by atoms with Crippen molar-refractivity contribution in [1.82, 2.24) is 0 Å². The Hall–Kier alpha value is -3.07. The van der Waals surface area contributed by atoms with E-state index < -0.39 is 16.0 Å². The van der Waals surface area contributed by atoms with Gasteiger partial charge in [-0.05, 0) is 48.0 Å². The van der Waals surface area contributed by atoms with E-state index in [4.69, 9.17) is 20.9 Å². The maximum Gasteiger partial charge on any atom is 0.285 e. The smallest absolute Gasteiger partial charge is 0.285 e. The number of rotatable bonds is 6. The fourth-order valence-corrected chi connectivity index (χ4v) is 2.84. The molecule has 25 heavy (non-hydrogen) atoms. The van der Waals surface area contributed by atoms with Crippen molar-refractivity contribution >= 4 is 27.9 Å². The highest BCUT2D eigenvalue weighted by Gasteiger charge is 2.12. The predicted molar refractivity (Wildman–Crippen MR) is 96.2 cm³/mol. The number of nitrogens with zero attached hydrogens (tertiary/aromatic N) is 2. The third-order valence-electron chi connectivity index (χ3n) is 3.13. The number of nitrogens with two attached hydrogens (primary N) is 2. The van der Waals surface area contributed by atoms with Gasteiger partial charge < -0.3 is 20.9 Å². The maximum atomic E-state index is 11.9. The van der Waals surface area contributed by atoms with Gasteiger partial charge in [-0.15, -0.1) is 4.40 Å². The zero-order chi connectivity index (χ0) is 18.4. The quantitative estimate of drug-likeness (QED) is 0.590. The zero-order valence-electron chi connectivity index (χ0n) is 13.7. The molecule has 2 aromatic rings. The van der Waals surface area contributed by atoms with Crippen LogP contribution in [-0.4, -0.2) is 34.8 Å². The normalized spacial score (nSPS) is 11.3. The average molecular weight is 362 g/mol. The van der Waals surface area contributed by atoms with E-state index in [1.165, 1.54) is 12.1 Å². The third kappa shape index (κ3) is 4.70. The highest BCUT2D eigenvalue weighted by molar-refractivity contribution is 7.90. The maximum absolute atomic E-state index is 11.9. The van der Waals surface area contributed by atoms with Gasteiger partial charge in [0.05, 0.1) is 24.8 Å². The summed E-state index contributed by atoms with van der Waals surface area (Å²) in [6.45, 7) is 0. The second-order valence-electron chi connectivity index (χ2n) is 4.86. The highest BCUT2D eigenvalue weighted by Crippen LogP contribution is 2.27. The van der Waals surface area contributed by atoms with Crippen LogP contribution >= 0.6 is 0 Å². The summed E-state index contributed by atoms with van der Waals surface area (Å²) in [7, 11) is -0.795. The second-order valence-corrected chi connectivity index (χ2v) is 6.46. The first-order valence-corrected chi connectivity index (χ1v) is 8.52. The van der Waals surface area contributed by atoms with Crippen molar-refractivity contribution in [2.45, 2.75) is 4.90 Å². The van der Waals surface area contributed by atoms with Crippen LogP contribution in [0.2, 0.25) is 0 Å². The molecule has 0 aliphatic rings. The molecule has 0 heterocycles. The Morgan fingerprint density at radius 3 is 2.20 bits per heavy atom. The molecule has 2 aromatic carbocycles. The molecule has 4 N–H and O–H groups in total. The molecular weight excluding hydrogens is 344 g/mol. The minimum absolute atomic E-state index is 0.0223. The van der Waals surface area contributed by atoms with Crippen LogP contribution in [0.3, 0.4) is 0 Å². The average Bonchev–Trinajstić information content (AvgIpc) is 2.59. The van der Waals surface area contributed by atoms with E-state index in [1.54, 1.807) is 44.7 Å². The van der Waals surface area contributed by atoms with Crippen LogP contribution in [-0.2, 0) is 10.0 Å². The van der Waals surface area contributed by atoms with E-state index in [1.807, 2.05) is 6.07 Å². The van der Waals surface area contributed by atoms with Gasteiger partial charge in [-0.2, -0.15) is 8.42 Å². The lowest BCUT2D eigenvalue weighted by Crippen LogP contribution is -2.24. The van der Waals surface area contributed by atoms with Crippen molar-refractivity contribution < 1.29 is 17.9 Å². The number of sulfonamides is 1. The molecule has 0 aromatic heterocycles. The van der Waals surface area contributed by atoms with Crippen LogP contribution in [0.1, 0.15) is 5.56 Å². The summed E-state index contributed by atoms with van der Waals surface area (Å²) in [5, 5.41) is 0. The van der Waals surface area contributed by atoms with Crippen molar-refractivity contribution in [2.24, 2.45) is 20.9 Å². The van der Waals surface area contributed by atoms with Crippen LogP contribution in [0.25, 0.3) is 0 Å². The van der Waals surface area contributed by atoms with Gasteiger partial charge in [0.2, 0.25) is 5.96 Å². The summed E-state index contributed by atoms with van der Waals surface area (Å²) in [6, 6.07) is 11.2. The molecular formula is C16H18N4O4S. The molecule has 0 spiro atoms. The number of hydrogen-bond donors (Lipinski definition) is 2. The Bertz CT molecular complexity index is 902. The lowest BCUT2D eigenvalue weighted by Gasteiger charge is -2.07. The van der Waals surface area contributed by atoms with E-state index in [0.29, 0.717) is 17.2 Å². The zero-order valence-corrected chi connectivity index (χ0v) is 14.5. The second kappa shape index (κ2) is 7.67. The molecule has 2 rings (SSSR count). The number of guanidine groups is 1. The Morgan fingerprint density at radius 1 is 1.00 bits per heavy atom. The number of methoxy groups -OCH3 is 2. The summed E-state index contributed by atoms with van der Waals surface area (Å²) < 4.78 is 37.3. The monoisotopic (exact) mass is 362 g/mol. The Labute approximate surface area is 145 Å². The molecule has 0 bridgehead atoms. The summed E-state index contributed by atoms with van der Waals surface area (Å²) in [5.74, 6) is 0.689. The summed E-state index contributed by atoms with van der Waals surface area (Å²) >= 11 is 0. The lowest BCUT2D eigenvalue weighted by atomic mass is 10.2. The van der Waals surface area contributed by atoms with Crippen LogP contribution in [0.15, 0.2) is 56.8 Å². The van der Waals surface area contributed by atoms with Crippen LogP contribution in [0, 0.1) is 0 Å². The van der Waals surface area contributed by atoms with Gasteiger partial charge in [-0.3, -0.25) is 4.99 Å². The molecule has 0 atom stereocenters. The minimum Gasteiger partial charge on any atom is -0.493 e. The minimum atomic E-state index is -3.90. The molecule has 132 valence electrons. The van der Waals surface area contributed by atoms with Crippen LogP contribution < -0.4 is 20.9 Å². The molecule has 0 aliphatic heterocycles. The standard InChI is InChI=1S/C16H18N4O4S/c1-23-14-8-3-11(9-15(14)24-2)10-19-12-4-6-13(7-5-12)25(21,22)20-16(17)18/h3-10H,1-2H3,(H4,17,18,20). The van der Waals surface area contributed by atoms with E-state index >= 15 is 0 Å².